The summed E-state index contributed by atoms with van der Waals surface area (Å²) in [4.78, 5) is 99.3. The van der Waals surface area contributed by atoms with Crippen molar-refractivity contribution >= 4 is 48.1 Å². The van der Waals surface area contributed by atoms with E-state index in [4.69, 9.17) is 42.6 Å². The van der Waals surface area contributed by atoms with Crippen molar-refractivity contribution < 1.29 is 81.0 Å². The summed E-state index contributed by atoms with van der Waals surface area (Å²) in [5, 5.41) is 0. The minimum absolute atomic E-state index is 0.0125. The number of imide groups is 1. The largest absolute Gasteiger partial charge is 0.497 e. The molecule has 10 rings (SSSR count). The number of hydrogen-bond donors (Lipinski definition) is 0. The second-order valence-electron chi connectivity index (χ2n) is 41.3. The van der Waals surface area contributed by atoms with E-state index in [1.54, 1.807) is 12.0 Å². The number of ether oxygens (including phenoxy) is 9. The highest BCUT2D eigenvalue weighted by Gasteiger charge is 2.40. The Morgan fingerprint density at radius 3 is 1.01 bits per heavy atom. The van der Waals surface area contributed by atoms with Crippen LogP contribution >= 0.6 is 0 Å². The second-order valence-corrected chi connectivity index (χ2v) is 41.3. The lowest BCUT2D eigenvalue weighted by molar-refractivity contribution is -0.170. The molecule has 19 heteroatoms. The minimum Gasteiger partial charge on any atom is -0.497 e. The van der Waals surface area contributed by atoms with Gasteiger partial charge in [0.05, 0.1) is 7.11 Å². The predicted molar refractivity (Wildman–Crippen MR) is 563 cm³/mol. The Labute approximate surface area is 838 Å². The molecule has 7 aromatic carbocycles. The summed E-state index contributed by atoms with van der Waals surface area (Å²) < 4.78 is 49.8. The number of aryl methyl sites for hydroxylation is 5. The lowest BCUT2D eigenvalue weighted by Gasteiger charge is -2.40. The number of carbonyl (C=O) groups excluding carboxylic acids is 8. The fourth-order valence-electron chi connectivity index (χ4n) is 16.2. The molecule has 0 bridgehead atoms. The molecule has 0 aromatic heterocycles. The van der Waals surface area contributed by atoms with Gasteiger partial charge in [0.2, 0.25) is 0 Å². The Morgan fingerprint density at radius 1 is 0.353 bits per heavy atom. The van der Waals surface area contributed by atoms with Crippen molar-refractivity contribution in [2.45, 2.75) is 415 Å². The van der Waals surface area contributed by atoms with Gasteiger partial charge in [-0.05, 0) is 320 Å². The number of methoxy groups -OCH3 is 1. The number of likely N-dealkylation sites (tertiary alicyclic amines) is 1. The average molecular weight is 1920 g/mol. The van der Waals surface area contributed by atoms with Crippen molar-refractivity contribution in [2.24, 2.45) is 11.8 Å². The molecule has 770 valence electrons. The molecular weight excluding hydrogens is 1740 g/mol. The van der Waals surface area contributed by atoms with Gasteiger partial charge in [-0.3, -0.25) is 24.0 Å². The summed E-state index contributed by atoms with van der Waals surface area (Å²) in [6.45, 7) is 43.3. The van der Waals surface area contributed by atoms with Crippen molar-refractivity contribution in [3.05, 3.63) is 245 Å². The van der Waals surface area contributed by atoms with Crippen molar-refractivity contribution in [1.29, 1.82) is 0 Å². The highest BCUT2D eigenvalue weighted by atomic mass is 16.6. The van der Waals surface area contributed by atoms with Crippen LogP contribution in [-0.4, -0.2) is 124 Å². The minimum atomic E-state index is -0.667. The molecular formula is C120H178N2O17. The van der Waals surface area contributed by atoms with E-state index in [0.717, 1.165) is 150 Å². The molecule has 139 heavy (non-hydrogen) atoms. The molecule has 2 aliphatic carbocycles. The van der Waals surface area contributed by atoms with E-state index in [2.05, 4.69) is 109 Å². The highest BCUT2D eigenvalue weighted by molar-refractivity contribution is 5.88. The van der Waals surface area contributed by atoms with Gasteiger partial charge in [0, 0.05) is 51.7 Å². The number of nitrogens with zero attached hydrogens (tertiary/aromatic N) is 2. The first-order chi connectivity index (χ1) is 66.0. The molecule has 19 nitrogen and oxygen atoms in total. The zero-order valence-electron chi connectivity index (χ0n) is 89.5. The number of carbonyl (C=O) groups is 8. The van der Waals surface area contributed by atoms with Crippen molar-refractivity contribution in [3.63, 3.8) is 0 Å². The van der Waals surface area contributed by atoms with Gasteiger partial charge < -0.3 is 47.5 Å². The van der Waals surface area contributed by atoms with E-state index in [0.29, 0.717) is 63.2 Å². The Bertz CT molecular complexity index is 4490. The first kappa shape index (κ1) is 121. The first-order valence-corrected chi connectivity index (χ1v) is 52.2. The second kappa shape index (κ2) is 64.2. The smallest absolute Gasteiger partial charge is 0.419 e. The molecule has 3 aliphatic rings. The van der Waals surface area contributed by atoms with E-state index in [9.17, 15) is 38.4 Å². The maximum absolute atomic E-state index is 12.6. The lowest BCUT2D eigenvalue weighted by Crippen LogP contribution is -2.45. The van der Waals surface area contributed by atoms with Crippen LogP contribution in [0.3, 0.4) is 0 Å². The fraction of sp³-hybridized carbons (Fsp3) is 0.583. The topological polar surface area (TPSA) is 226 Å². The maximum Gasteiger partial charge on any atom is 0.419 e. The van der Waals surface area contributed by atoms with Crippen LogP contribution in [0.15, 0.2) is 206 Å². The van der Waals surface area contributed by atoms with E-state index >= 15 is 0 Å². The van der Waals surface area contributed by atoms with Gasteiger partial charge in [0.1, 0.15) is 50.6 Å². The molecule has 2 saturated carbocycles. The number of piperidine rings is 1. The van der Waals surface area contributed by atoms with Crippen LogP contribution in [0.5, 0.6) is 5.75 Å². The van der Waals surface area contributed by atoms with Crippen molar-refractivity contribution in [1.82, 2.24) is 9.80 Å². The molecule has 1 aliphatic heterocycles. The number of rotatable bonds is 40. The van der Waals surface area contributed by atoms with Gasteiger partial charge in [-0.15, -0.1) is 0 Å². The number of hydrogen-bond acceptors (Lipinski definition) is 17. The lowest BCUT2D eigenvalue weighted by atomic mass is 9.77. The number of esters is 5. The van der Waals surface area contributed by atoms with Crippen LogP contribution in [0.2, 0.25) is 0 Å². The third-order valence-corrected chi connectivity index (χ3v) is 26.5. The van der Waals surface area contributed by atoms with E-state index in [1.165, 1.54) is 85.6 Å². The maximum atomic E-state index is 12.6. The predicted octanol–water partition coefficient (Wildman–Crippen LogP) is 30.2. The molecule has 0 N–H and O–H groups in total. The molecule has 7 aromatic rings. The van der Waals surface area contributed by atoms with Crippen molar-refractivity contribution in [3.8, 4) is 5.75 Å². The van der Waals surface area contributed by atoms with Crippen LogP contribution in [0, 0.1) is 11.8 Å². The van der Waals surface area contributed by atoms with Gasteiger partial charge >= 0.3 is 48.1 Å². The summed E-state index contributed by atoms with van der Waals surface area (Å²) in [6.07, 6.45) is 30.7. The van der Waals surface area contributed by atoms with Gasteiger partial charge in [-0.2, -0.15) is 0 Å². The van der Waals surface area contributed by atoms with Crippen molar-refractivity contribution in [2.75, 3.05) is 26.7 Å². The highest BCUT2D eigenvalue weighted by Crippen LogP contribution is 2.39. The quantitative estimate of drug-likeness (QED) is 0.0257. The summed E-state index contributed by atoms with van der Waals surface area (Å²) in [7, 11) is 1.63. The Kier molecular flexibility index (Phi) is 55.9. The SMILES string of the molecule is CC(C)(C)OC(=O)N1CCCCC1.CC(C)(OC(=O)CCCc1ccccc1)C1CCCCC1.CC(C)C1(OC(=O)CCCc2ccccc2)CCCCC1.CCC(C)(C)OC(=O)CCCc1ccccc1.CCC(C)(C)OC(=O)N(CCc1ccccc1)C(=O)OC(C)(C)CC.CCC(CC)(CC)OC(=O)CCCc1ccccc1.COc1ccc(C(C)(C)OC(=O)CCCc2ccccc2)cc1. The fourth-order valence-corrected chi connectivity index (χ4v) is 16.2. The van der Waals surface area contributed by atoms with Crippen LogP contribution in [-0.2, 0) is 106 Å². The van der Waals surface area contributed by atoms with Crippen LogP contribution in [0.1, 0.15) is 371 Å². The summed E-state index contributed by atoms with van der Waals surface area (Å²) in [5.41, 5.74) is 5.02. The summed E-state index contributed by atoms with van der Waals surface area (Å²) in [6, 6.07) is 68.6. The Balaban J connectivity index is 0.000000341. The zero-order chi connectivity index (χ0) is 103. The molecule has 1 saturated heterocycles. The number of benzene rings is 7. The van der Waals surface area contributed by atoms with Gasteiger partial charge in [0.15, 0.2) is 0 Å². The molecule has 0 atom stereocenters. The van der Waals surface area contributed by atoms with E-state index in [1.807, 2.05) is 243 Å². The Morgan fingerprint density at radius 2 is 0.669 bits per heavy atom. The molecule has 0 unspecified atom stereocenters. The van der Waals surface area contributed by atoms with Crippen LogP contribution in [0.4, 0.5) is 14.4 Å². The normalized spacial score (nSPS) is 13.8. The monoisotopic (exact) mass is 1920 g/mol. The van der Waals surface area contributed by atoms with Crippen LogP contribution in [0.25, 0.3) is 0 Å². The zero-order valence-corrected chi connectivity index (χ0v) is 89.5. The third kappa shape index (κ3) is 51.1. The van der Waals surface area contributed by atoms with Gasteiger partial charge in [-0.25, -0.2) is 19.3 Å². The molecule has 3 amide bonds. The summed E-state index contributed by atoms with van der Waals surface area (Å²) in [5.74, 6) is 1.37. The third-order valence-electron chi connectivity index (χ3n) is 26.5. The molecule has 3 fully saturated rings. The van der Waals surface area contributed by atoms with Gasteiger partial charge in [-0.1, -0.05) is 275 Å². The molecule has 1 heterocycles. The average Bonchev–Trinajstić information content (AvgIpc) is 0.776. The standard InChI is InChI=1S/C20H31NO4.C20H24O3.2C19H28O2.C17H26O2.C15H22O2.C10H19NO2/c1-7-19(3,4)24-17(22)21(18(23)25-20(5,6)8-2)15-14-16-12-10-9-11-13-16;1-20(2,17-12-14-18(22-3)15-13-17)23-19(21)11-7-10-16-8-5-4-6-9-16;1-16(2)19(14-7-4-8-15-19)21-18(20)13-9-12-17-10-5-3-6-11-17;1-19(2,17-13-7-4-8-14-17)21-18(20)15-9-12-16-10-5-3-6-11-16;1-4-17(5-2,6-3)19-16(18)14-10-13-15-11-8-7-9-12-15;1-4-15(2,3)17-14(16)12-8-11-13-9-6-5-7-10-13;1-10(2,3)13-9(12)11-7-5-4-6-8-11/h9-13H,7-8,14-15H2,1-6H3;4-6,8-9,12-15H,7,10-11H2,1-3H3;3,5-6,10-11,16H,4,7-9,12-15H2,1-2H3;3,5-6,10-11,17H,4,7-9,12-15H2,1-2H3;7-9,11-12H,4-6,10,13-14H2,1-3H3;5-7,9-10H,4,8,11-12H2,1-3H3;4-8H2,1-3H3. The first-order valence-electron chi connectivity index (χ1n) is 52.2. The molecule has 0 radical (unpaired) electrons. The Hall–Kier alpha value is -10.3. The summed E-state index contributed by atoms with van der Waals surface area (Å²) >= 11 is 0. The van der Waals surface area contributed by atoms with E-state index in [-0.39, 0.29) is 70.5 Å². The van der Waals surface area contributed by atoms with Gasteiger partial charge in [0.25, 0.3) is 0 Å². The molecule has 0 spiro atoms. The van der Waals surface area contributed by atoms with E-state index < -0.39 is 29.0 Å². The van der Waals surface area contributed by atoms with Crippen LogP contribution < -0.4 is 4.74 Å². The number of amides is 3.